The molecule has 1 aromatic rings. The minimum Gasteiger partial charge on any atom is -0.506 e. The van der Waals surface area contributed by atoms with E-state index in [9.17, 15) is 5.11 Å². The molecule has 0 aliphatic carbocycles. The molecule has 0 saturated heterocycles. The molecule has 0 bridgehead atoms. The van der Waals surface area contributed by atoms with E-state index in [1.165, 1.54) is 0 Å². The lowest BCUT2D eigenvalue weighted by molar-refractivity contribution is -0.500. The molecule has 0 spiro atoms. The van der Waals surface area contributed by atoms with Crippen molar-refractivity contribution < 1.29 is 10.2 Å². The number of hydrogen-bond acceptors (Lipinski definition) is 2. The Morgan fingerprint density at radius 3 is 2.59 bits per heavy atom. The summed E-state index contributed by atoms with van der Waals surface area (Å²) in [5.74, 6) is 0.179. The first kappa shape index (κ1) is 14.4. The van der Waals surface area contributed by atoms with Crippen LogP contribution in [0.15, 0.2) is 21.1 Å². The smallest absolute Gasteiger partial charge is 0.223 e. The quantitative estimate of drug-likeness (QED) is 0.355. The molecule has 7 heteroatoms. The van der Waals surface area contributed by atoms with Gasteiger partial charge in [-0.2, -0.15) is 0 Å². The zero-order chi connectivity index (χ0) is 12.8. The van der Waals surface area contributed by atoms with Crippen LogP contribution in [0.25, 0.3) is 0 Å². The number of benzene rings is 1. The Balaban J connectivity index is 2.69. The van der Waals surface area contributed by atoms with E-state index in [1.807, 2.05) is 6.92 Å². The van der Waals surface area contributed by atoms with Crippen LogP contribution in [0.5, 0.6) is 5.75 Å². The Bertz CT molecular complexity index is 428. The second kappa shape index (κ2) is 6.93. The van der Waals surface area contributed by atoms with Crippen LogP contribution in [0, 0.1) is 0 Å². The highest BCUT2D eigenvalue weighted by atomic mass is 79.9. The maximum absolute atomic E-state index is 9.54. The second-order valence-electron chi connectivity index (χ2n) is 3.11. The molecule has 4 nitrogen and oxygen atoms in total. The Hall–Kier alpha value is -0.660. The second-order valence-corrected chi connectivity index (χ2v) is 5.22. The van der Waals surface area contributed by atoms with E-state index in [0.29, 0.717) is 14.1 Å². The van der Waals surface area contributed by atoms with Crippen LogP contribution >= 0.6 is 44.1 Å². The summed E-state index contributed by atoms with van der Waals surface area (Å²) in [5, 5.41) is 15.9. The van der Waals surface area contributed by atoms with Gasteiger partial charge in [0.25, 0.3) is 0 Å². The van der Waals surface area contributed by atoms with Crippen LogP contribution in [-0.2, 0) is 0 Å². The van der Waals surface area contributed by atoms with Gasteiger partial charge in [-0.15, -0.1) is 10.5 Å². The first-order chi connectivity index (χ1) is 8.04. The highest BCUT2D eigenvalue weighted by molar-refractivity contribution is 9.11. The van der Waals surface area contributed by atoms with Crippen LogP contribution in [0.3, 0.4) is 0 Å². The van der Waals surface area contributed by atoms with Crippen molar-refractivity contribution in [3.63, 3.8) is 0 Å². The molecule has 1 rings (SSSR count). The molecule has 0 unspecified atom stereocenters. The molecule has 0 saturated carbocycles. The molecule has 17 heavy (non-hydrogen) atoms. The van der Waals surface area contributed by atoms with Crippen LogP contribution < -0.4 is 15.8 Å². The minimum absolute atomic E-state index is 0.179. The molecule has 0 heterocycles. The van der Waals surface area contributed by atoms with E-state index < -0.39 is 0 Å². The zero-order valence-corrected chi connectivity index (χ0v) is 13.0. The summed E-state index contributed by atoms with van der Waals surface area (Å²) in [6.07, 6.45) is 1.73. The van der Waals surface area contributed by atoms with Crippen LogP contribution in [0.1, 0.15) is 12.5 Å². The molecule has 0 atom stereocenters. The highest BCUT2D eigenvalue weighted by Crippen LogP contribution is 2.32. The van der Waals surface area contributed by atoms with Gasteiger partial charge in [-0.05, 0) is 63.1 Å². The Morgan fingerprint density at radius 1 is 1.47 bits per heavy atom. The predicted molar refractivity (Wildman–Crippen MR) is 79.0 cm³/mol. The summed E-state index contributed by atoms with van der Waals surface area (Å²) < 4.78 is 1.24. The Labute approximate surface area is 122 Å². The summed E-state index contributed by atoms with van der Waals surface area (Å²) in [4.78, 5) is 0. The minimum atomic E-state index is 0.179. The van der Waals surface area contributed by atoms with Crippen molar-refractivity contribution in [2.45, 2.75) is 6.92 Å². The molecule has 0 radical (unpaired) electrons. The molecule has 0 fully saturated rings. The van der Waals surface area contributed by atoms with Crippen molar-refractivity contribution in [2.75, 3.05) is 6.54 Å². The summed E-state index contributed by atoms with van der Waals surface area (Å²) >= 11 is 11.5. The van der Waals surface area contributed by atoms with Gasteiger partial charge in [0.2, 0.25) is 5.11 Å². The first-order valence-electron chi connectivity index (χ1n) is 4.85. The number of nitrogens with one attached hydrogen (secondary N) is 3. The molecule has 0 aromatic heterocycles. The van der Waals surface area contributed by atoms with Crippen molar-refractivity contribution in [2.24, 2.45) is 0 Å². The fourth-order valence-corrected chi connectivity index (χ4v) is 2.48. The maximum Gasteiger partial charge on any atom is 0.223 e. The Morgan fingerprint density at radius 2 is 2.06 bits per heavy atom. The lowest BCUT2D eigenvalue weighted by atomic mass is 10.2. The normalized spacial score (nSPS) is 10.5. The monoisotopic (exact) mass is 380 g/mol. The molecular weight excluding hydrogens is 370 g/mol. The van der Waals surface area contributed by atoms with Crippen molar-refractivity contribution in [1.29, 1.82) is 0 Å². The van der Waals surface area contributed by atoms with E-state index in [1.54, 1.807) is 18.3 Å². The molecule has 0 aliphatic heterocycles. The van der Waals surface area contributed by atoms with Gasteiger partial charge in [-0.3, -0.25) is 0 Å². The van der Waals surface area contributed by atoms with Gasteiger partial charge in [-0.25, -0.2) is 0 Å². The van der Waals surface area contributed by atoms with Crippen LogP contribution in [0.4, 0.5) is 0 Å². The largest absolute Gasteiger partial charge is 0.506 e. The number of thiocarbonyl (C=S) groups is 1. The van der Waals surface area contributed by atoms with Crippen molar-refractivity contribution >= 4 is 55.4 Å². The van der Waals surface area contributed by atoms with E-state index in [0.717, 1.165) is 12.1 Å². The van der Waals surface area contributed by atoms with E-state index in [2.05, 4.69) is 47.7 Å². The van der Waals surface area contributed by atoms with Gasteiger partial charge in [0, 0.05) is 12.1 Å². The summed E-state index contributed by atoms with van der Waals surface area (Å²) in [5.41, 5.74) is 3.69. The first-order valence-corrected chi connectivity index (χ1v) is 6.84. The molecule has 0 amide bonds. The number of phenols is 1. The van der Waals surface area contributed by atoms with Crippen molar-refractivity contribution in [3.05, 3.63) is 26.6 Å². The number of halogens is 2. The standard InChI is InChI=1S/C10H11Br2N3OS/c1-2-13-10(17)15-14-5-6-3-7(11)9(16)8(12)4-6/h3-5,16H,2H2,1H3,(H2,13,15,17)/p+1. The third-order valence-corrected chi connectivity index (χ3v) is 3.26. The SMILES string of the molecule is CCNC(=S)N[NH+]=Cc1cc(Br)c(O)c(Br)c1. The van der Waals surface area contributed by atoms with Gasteiger partial charge < -0.3 is 10.4 Å². The summed E-state index contributed by atoms with van der Waals surface area (Å²) in [7, 11) is 0. The maximum atomic E-state index is 9.54. The van der Waals surface area contributed by atoms with Crippen molar-refractivity contribution in [1.82, 2.24) is 10.7 Å². The third kappa shape index (κ3) is 4.61. The summed E-state index contributed by atoms with van der Waals surface area (Å²) in [6.45, 7) is 2.73. The van der Waals surface area contributed by atoms with Gasteiger partial charge in [0.15, 0.2) is 6.21 Å². The highest BCUT2D eigenvalue weighted by Gasteiger charge is 2.05. The van der Waals surface area contributed by atoms with Gasteiger partial charge in [0.05, 0.1) is 8.95 Å². The van der Waals surface area contributed by atoms with E-state index >= 15 is 0 Å². The molecule has 1 aromatic carbocycles. The third-order valence-electron chi connectivity index (χ3n) is 1.80. The number of phenolic OH excluding ortho intramolecular Hbond substituents is 1. The number of rotatable bonds is 3. The average molecular weight is 382 g/mol. The molecular formula is C10H12Br2N3OS+. The molecule has 0 aliphatic rings. The van der Waals surface area contributed by atoms with Gasteiger partial charge in [0.1, 0.15) is 5.75 Å². The van der Waals surface area contributed by atoms with Crippen molar-refractivity contribution in [3.8, 4) is 5.75 Å². The number of aromatic hydroxyl groups is 1. The van der Waals surface area contributed by atoms with Crippen LogP contribution in [0.2, 0.25) is 0 Å². The van der Waals surface area contributed by atoms with E-state index in [-0.39, 0.29) is 5.75 Å². The van der Waals surface area contributed by atoms with Crippen LogP contribution in [-0.4, -0.2) is 23.0 Å². The molecule has 92 valence electrons. The van der Waals surface area contributed by atoms with Gasteiger partial charge >= 0.3 is 0 Å². The van der Waals surface area contributed by atoms with E-state index in [4.69, 9.17) is 12.2 Å². The lowest BCUT2D eigenvalue weighted by Gasteiger charge is -2.01. The topological polar surface area (TPSA) is 58.3 Å². The number of hydrogen-bond donors (Lipinski definition) is 4. The number of hydrazone groups is 1. The average Bonchev–Trinajstić information content (AvgIpc) is 2.26. The Kier molecular flexibility index (Phi) is 5.87. The number of hydrazine groups is 1. The molecule has 4 N–H and O–H groups in total. The summed E-state index contributed by atoms with van der Waals surface area (Å²) in [6, 6.07) is 3.57. The fraction of sp³-hybridized carbons (Fsp3) is 0.200. The zero-order valence-electron chi connectivity index (χ0n) is 9.05. The fourth-order valence-electron chi connectivity index (χ4n) is 1.06. The van der Waals surface area contributed by atoms with Gasteiger partial charge in [-0.1, -0.05) is 0 Å². The predicted octanol–water partition coefficient (Wildman–Crippen LogP) is 0.816. The lowest BCUT2D eigenvalue weighted by Crippen LogP contribution is -2.82.